The van der Waals surface area contributed by atoms with Crippen molar-refractivity contribution in [3.05, 3.63) is 68.8 Å². The second kappa shape index (κ2) is 5.95. The summed E-state index contributed by atoms with van der Waals surface area (Å²) in [5.41, 5.74) is 5.56. The van der Waals surface area contributed by atoms with E-state index in [2.05, 4.69) is 44.3 Å². The first kappa shape index (κ1) is 15.0. The van der Waals surface area contributed by atoms with E-state index >= 15 is 0 Å². The highest BCUT2D eigenvalue weighted by atomic mass is 16.6. The lowest BCUT2D eigenvalue weighted by Crippen LogP contribution is -2.09. The van der Waals surface area contributed by atoms with Crippen molar-refractivity contribution in [3.8, 4) is 0 Å². The number of anilines is 1. The van der Waals surface area contributed by atoms with Gasteiger partial charge in [0.15, 0.2) is 0 Å². The Hall–Kier alpha value is -2.36. The summed E-state index contributed by atoms with van der Waals surface area (Å²) < 4.78 is 0. The summed E-state index contributed by atoms with van der Waals surface area (Å²) in [5.74, 6) is 0. The van der Waals surface area contributed by atoms with E-state index in [1.165, 1.54) is 22.8 Å². The van der Waals surface area contributed by atoms with Crippen LogP contribution in [0.3, 0.4) is 0 Å². The van der Waals surface area contributed by atoms with Crippen molar-refractivity contribution in [2.75, 3.05) is 5.32 Å². The molecule has 0 aromatic heterocycles. The third kappa shape index (κ3) is 3.40. The Balaban J connectivity index is 2.28. The second-order valence-electron chi connectivity index (χ2n) is 5.48. The predicted molar refractivity (Wildman–Crippen MR) is 85.8 cm³/mol. The van der Waals surface area contributed by atoms with Crippen LogP contribution in [0.25, 0.3) is 0 Å². The number of benzene rings is 2. The third-order valence-corrected chi connectivity index (χ3v) is 3.70. The average Bonchev–Trinajstić information content (AvgIpc) is 2.40. The number of nitro benzene ring substituents is 1. The first-order valence-electron chi connectivity index (χ1n) is 6.97. The van der Waals surface area contributed by atoms with Gasteiger partial charge in [0.2, 0.25) is 0 Å². The van der Waals surface area contributed by atoms with E-state index in [-0.39, 0.29) is 16.7 Å². The number of nitrogens with one attached hydrogen (secondary N) is 1. The number of nitrogens with zero attached hydrogens (tertiary/aromatic N) is 1. The molecule has 110 valence electrons. The van der Waals surface area contributed by atoms with Gasteiger partial charge in [-0.2, -0.15) is 0 Å². The summed E-state index contributed by atoms with van der Waals surface area (Å²) in [7, 11) is 0. The molecule has 1 atom stereocenters. The van der Waals surface area contributed by atoms with Crippen molar-refractivity contribution in [2.45, 2.75) is 33.7 Å². The Morgan fingerprint density at radius 2 is 1.76 bits per heavy atom. The maximum Gasteiger partial charge on any atom is 0.271 e. The maximum atomic E-state index is 10.9. The number of non-ortho nitro benzene ring substituents is 1. The van der Waals surface area contributed by atoms with Crippen LogP contribution < -0.4 is 5.32 Å². The molecule has 0 amide bonds. The molecule has 0 aliphatic heterocycles. The van der Waals surface area contributed by atoms with Crippen molar-refractivity contribution in [1.82, 2.24) is 0 Å². The summed E-state index contributed by atoms with van der Waals surface area (Å²) >= 11 is 0. The molecule has 1 N–H and O–H groups in total. The summed E-state index contributed by atoms with van der Waals surface area (Å²) in [6.45, 7) is 8.16. The number of nitro groups is 1. The summed E-state index contributed by atoms with van der Waals surface area (Å²) in [5, 5.41) is 14.3. The van der Waals surface area contributed by atoms with E-state index in [9.17, 15) is 10.1 Å². The minimum Gasteiger partial charge on any atom is -0.378 e. The largest absolute Gasteiger partial charge is 0.378 e. The van der Waals surface area contributed by atoms with E-state index in [1.807, 2.05) is 6.92 Å². The first-order valence-corrected chi connectivity index (χ1v) is 6.97. The molecule has 1 unspecified atom stereocenters. The molecule has 21 heavy (non-hydrogen) atoms. The van der Waals surface area contributed by atoms with Gasteiger partial charge in [0.1, 0.15) is 0 Å². The van der Waals surface area contributed by atoms with E-state index in [0.717, 1.165) is 11.3 Å². The molecule has 0 bridgehead atoms. The van der Waals surface area contributed by atoms with Gasteiger partial charge in [0.05, 0.1) is 4.92 Å². The van der Waals surface area contributed by atoms with Gasteiger partial charge >= 0.3 is 0 Å². The van der Waals surface area contributed by atoms with Gasteiger partial charge in [-0.3, -0.25) is 10.1 Å². The Bertz CT molecular complexity index is 680. The maximum absolute atomic E-state index is 10.9. The molecule has 2 aromatic rings. The fraction of sp³-hybridized carbons (Fsp3) is 0.294. The zero-order valence-corrected chi connectivity index (χ0v) is 12.8. The Morgan fingerprint density at radius 3 is 2.38 bits per heavy atom. The third-order valence-electron chi connectivity index (χ3n) is 3.70. The van der Waals surface area contributed by atoms with Crippen molar-refractivity contribution in [2.24, 2.45) is 0 Å². The van der Waals surface area contributed by atoms with Crippen LogP contribution in [0.15, 0.2) is 36.4 Å². The van der Waals surface area contributed by atoms with E-state index in [4.69, 9.17) is 0 Å². The second-order valence-corrected chi connectivity index (χ2v) is 5.48. The van der Waals surface area contributed by atoms with Crippen molar-refractivity contribution >= 4 is 11.4 Å². The summed E-state index contributed by atoms with van der Waals surface area (Å²) in [6.07, 6.45) is 0. The molecule has 0 aliphatic rings. The normalized spacial score (nSPS) is 12.0. The van der Waals surface area contributed by atoms with Crippen molar-refractivity contribution < 1.29 is 4.92 Å². The zero-order valence-electron chi connectivity index (χ0n) is 12.8. The highest BCUT2D eigenvalue weighted by Gasteiger charge is 2.13. The van der Waals surface area contributed by atoms with E-state index < -0.39 is 0 Å². The van der Waals surface area contributed by atoms with Gasteiger partial charge in [-0.05, 0) is 44.4 Å². The van der Waals surface area contributed by atoms with Crippen molar-refractivity contribution in [3.63, 3.8) is 0 Å². The number of hydrogen-bond donors (Lipinski definition) is 1. The molecule has 0 spiro atoms. The lowest BCUT2D eigenvalue weighted by molar-refractivity contribution is -0.384. The van der Waals surface area contributed by atoms with E-state index in [1.54, 1.807) is 12.1 Å². The van der Waals surface area contributed by atoms with Crippen LogP contribution in [-0.2, 0) is 0 Å². The Morgan fingerprint density at radius 1 is 1.05 bits per heavy atom. The standard InChI is InChI=1S/C17H20N2O2/c1-11-5-8-16(13(3)9-11)14(4)18-17-10-15(19(20)21)7-6-12(17)2/h5-10,14,18H,1-4H3. The number of rotatable bonds is 4. The fourth-order valence-corrected chi connectivity index (χ4v) is 2.50. The van der Waals surface area contributed by atoms with Gasteiger partial charge in [-0.15, -0.1) is 0 Å². The van der Waals surface area contributed by atoms with E-state index in [0.29, 0.717) is 0 Å². The summed E-state index contributed by atoms with van der Waals surface area (Å²) in [6, 6.07) is 11.3. The van der Waals surface area contributed by atoms with Crippen LogP contribution in [0.4, 0.5) is 11.4 Å². The zero-order chi connectivity index (χ0) is 15.6. The molecule has 0 aliphatic carbocycles. The van der Waals surface area contributed by atoms with Crippen molar-refractivity contribution in [1.29, 1.82) is 0 Å². The Kier molecular flexibility index (Phi) is 4.26. The summed E-state index contributed by atoms with van der Waals surface area (Å²) in [4.78, 5) is 10.5. The first-order chi connectivity index (χ1) is 9.88. The molecule has 0 saturated heterocycles. The van der Waals surface area contributed by atoms with Gasteiger partial charge in [0, 0.05) is 23.9 Å². The molecular weight excluding hydrogens is 264 g/mol. The highest BCUT2D eigenvalue weighted by molar-refractivity contribution is 5.58. The van der Waals surface area contributed by atoms with Gasteiger partial charge < -0.3 is 5.32 Å². The van der Waals surface area contributed by atoms with Gasteiger partial charge in [-0.1, -0.05) is 29.8 Å². The lowest BCUT2D eigenvalue weighted by atomic mass is 10.00. The quantitative estimate of drug-likeness (QED) is 0.654. The fourth-order valence-electron chi connectivity index (χ4n) is 2.50. The van der Waals surface area contributed by atoms with Crippen LogP contribution in [-0.4, -0.2) is 4.92 Å². The highest BCUT2D eigenvalue weighted by Crippen LogP contribution is 2.27. The molecule has 4 heteroatoms. The molecule has 2 aromatic carbocycles. The molecule has 0 fully saturated rings. The number of hydrogen-bond acceptors (Lipinski definition) is 3. The molecule has 4 nitrogen and oxygen atoms in total. The predicted octanol–water partition coefficient (Wildman–Crippen LogP) is 4.69. The monoisotopic (exact) mass is 284 g/mol. The average molecular weight is 284 g/mol. The minimum atomic E-state index is -0.369. The van der Waals surface area contributed by atoms with Crippen LogP contribution >= 0.6 is 0 Å². The van der Waals surface area contributed by atoms with Crippen LogP contribution in [0.5, 0.6) is 0 Å². The van der Waals surface area contributed by atoms with Crippen LogP contribution in [0.1, 0.15) is 35.2 Å². The smallest absolute Gasteiger partial charge is 0.271 e. The van der Waals surface area contributed by atoms with Gasteiger partial charge in [-0.25, -0.2) is 0 Å². The Labute approximate surface area is 125 Å². The van der Waals surface area contributed by atoms with Crippen LogP contribution in [0, 0.1) is 30.9 Å². The lowest BCUT2D eigenvalue weighted by Gasteiger charge is -2.19. The topological polar surface area (TPSA) is 55.2 Å². The van der Waals surface area contributed by atoms with Crippen LogP contribution in [0.2, 0.25) is 0 Å². The molecule has 2 rings (SSSR count). The molecule has 0 saturated carbocycles. The number of aryl methyl sites for hydroxylation is 3. The molecule has 0 heterocycles. The minimum absolute atomic E-state index is 0.0892. The molecule has 0 radical (unpaired) electrons. The van der Waals surface area contributed by atoms with Gasteiger partial charge in [0.25, 0.3) is 5.69 Å². The SMILES string of the molecule is Cc1ccc(C(C)Nc2cc([N+](=O)[O-])ccc2C)c(C)c1. The molecular formula is C17H20N2O2.